The topological polar surface area (TPSA) is 71.0 Å². The maximum Gasteiger partial charge on any atom is 0.166 e. The van der Waals surface area contributed by atoms with E-state index in [4.69, 9.17) is 5.84 Å². The first kappa shape index (κ1) is 19.9. The maximum absolute atomic E-state index is 13.1. The first-order chi connectivity index (χ1) is 13.7. The second-order valence-corrected chi connectivity index (χ2v) is 6.97. The van der Waals surface area contributed by atoms with E-state index in [0.717, 1.165) is 38.0 Å². The Kier molecular flexibility index (Phi) is 7.03. The molecule has 1 aliphatic rings. The fourth-order valence-corrected chi connectivity index (χ4v) is 3.57. The lowest BCUT2D eigenvalue weighted by atomic mass is 9.88. The van der Waals surface area contributed by atoms with Crippen molar-refractivity contribution in [3.05, 3.63) is 71.5 Å². The maximum atomic E-state index is 13.1. The first-order valence-electron chi connectivity index (χ1n) is 9.49. The van der Waals surface area contributed by atoms with Gasteiger partial charge in [-0.15, -0.1) is 0 Å². The molecule has 2 N–H and O–H groups in total. The highest BCUT2D eigenvalue weighted by atomic mass is 19.1. The van der Waals surface area contributed by atoms with Crippen LogP contribution in [0, 0.1) is 11.7 Å². The van der Waals surface area contributed by atoms with E-state index in [-0.39, 0.29) is 23.6 Å². The third kappa shape index (κ3) is 5.33. The summed E-state index contributed by atoms with van der Waals surface area (Å²) in [5.74, 6) is 4.93. The SMILES string of the molecule is NN=CC=NC(CN1CCC(C(=O)c2ccc(F)cc2)CC1)c1ccccc1. The Morgan fingerprint density at radius 1 is 1.11 bits per heavy atom. The number of carbonyl (C=O) groups is 1. The van der Waals surface area contributed by atoms with Crippen LogP contribution in [0.3, 0.4) is 0 Å². The third-order valence-corrected chi connectivity index (χ3v) is 5.12. The van der Waals surface area contributed by atoms with Crippen LogP contribution in [0.15, 0.2) is 64.7 Å². The van der Waals surface area contributed by atoms with Gasteiger partial charge in [-0.05, 0) is 55.8 Å². The van der Waals surface area contributed by atoms with Crippen LogP contribution in [0.1, 0.15) is 34.8 Å². The second-order valence-electron chi connectivity index (χ2n) is 6.97. The normalized spacial score (nSPS) is 17.3. The van der Waals surface area contributed by atoms with Crippen LogP contribution in [0.2, 0.25) is 0 Å². The number of rotatable bonds is 7. The monoisotopic (exact) mass is 380 g/mol. The van der Waals surface area contributed by atoms with Crippen LogP contribution in [-0.2, 0) is 0 Å². The van der Waals surface area contributed by atoms with Crippen LogP contribution in [0.25, 0.3) is 0 Å². The van der Waals surface area contributed by atoms with Gasteiger partial charge in [-0.1, -0.05) is 30.3 Å². The molecule has 2 aromatic rings. The number of piperidine rings is 1. The first-order valence-corrected chi connectivity index (χ1v) is 9.49. The van der Waals surface area contributed by atoms with Gasteiger partial charge in [0.05, 0.1) is 12.3 Å². The van der Waals surface area contributed by atoms with Crippen molar-refractivity contribution in [2.75, 3.05) is 19.6 Å². The molecule has 1 heterocycles. The Hall–Kier alpha value is -2.86. The van der Waals surface area contributed by atoms with Gasteiger partial charge in [0.1, 0.15) is 5.82 Å². The fourth-order valence-electron chi connectivity index (χ4n) is 3.57. The minimum absolute atomic E-state index is 0.00948. The van der Waals surface area contributed by atoms with Crippen LogP contribution >= 0.6 is 0 Å². The van der Waals surface area contributed by atoms with E-state index in [1.54, 1.807) is 18.3 Å². The summed E-state index contributed by atoms with van der Waals surface area (Å²) < 4.78 is 13.1. The number of halogens is 1. The van der Waals surface area contributed by atoms with E-state index >= 15 is 0 Å². The molecular weight excluding hydrogens is 355 g/mol. The molecule has 2 aromatic carbocycles. The summed E-state index contributed by atoms with van der Waals surface area (Å²) in [6.07, 6.45) is 4.70. The molecule has 1 unspecified atom stereocenters. The van der Waals surface area contributed by atoms with E-state index in [2.05, 4.69) is 27.1 Å². The lowest BCUT2D eigenvalue weighted by Gasteiger charge is -2.33. The van der Waals surface area contributed by atoms with Crippen molar-refractivity contribution in [2.24, 2.45) is 21.9 Å². The molecule has 0 bridgehead atoms. The molecular formula is C22H25FN4O. The Labute approximate surface area is 164 Å². The van der Waals surface area contributed by atoms with Crippen LogP contribution < -0.4 is 5.84 Å². The van der Waals surface area contributed by atoms with Crippen LogP contribution in [0.4, 0.5) is 4.39 Å². The number of carbonyl (C=O) groups excluding carboxylic acids is 1. The molecule has 0 amide bonds. The zero-order valence-corrected chi connectivity index (χ0v) is 15.7. The Morgan fingerprint density at radius 2 is 1.79 bits per heavy atom. The quantitative estimate of drug-likeness (QED) is 0.346. The van der Waals surface area contributed by atoms with E-state index in [0.29, 0.717) is 5.56 Å². The number of nitrogens with zero attached hydrogens (tertiary/aromatic N) is 3. The highest BCUT2D eigenvalue weighted by molar-refractivity contribution is 6.15. The fraction of sp³-hybridized carbons (Fsp3) is 0.318. The smallest absolute Gasteiger partial charge is 0.166 e. The molecule has 0 aromatic heterocycles. The van der Waals surface area contributed by atoms with Gasteiger partial charge in [0.2, 0.25) is 0 Å². The van der Waals surface area contributed by atoms with Gasteiger partial charge < -0.3 is 10.7 Å². The van der Waals surface area contributed by atoms with Gasteiger partial charge in [0.15, 0.2) is 5.78 Å². The number of nitrogens with two attached hydrogens (primary N) is 1. The van der Waals surface area contributed by atoms with Gasteiger partial charge in [0.25, 0.3) is 0 Å². The number of benzene rings is 2. The standard InChI is InChI=1S/C22H25FN4O/c23-20-8-6-18(7-9-20)22(28)19-10-14-27(15-11-19)16-21(25-12-13-26-24)17-4-2-1-3-5-17/h1-9,12-13,19,21H,10-11,14-16,24H2. The summed E-state index contributed by atoms with van der Waals surface area (Å²) in [6.45, 7) is 2.44. The van der Waals surface area contributed by atoms with E-state index < -0.39 is 0 Å². The van der Waals surface area contributed by atoms with Crippen molar-refractivity contribution in [3.8, 4) is 0 Å². The second kappa shape index (κ2) is 9.90. The molecule has 0 spiro atoms. The lowest BCUT2D eigenvalue weighted by molar-refractivity contribution is 0.0836. The van der Waals surface area contributed by atoms with Gasteiger partial charge in [-0.2, -0.15) is 5.10 Å². The number of ketones is 1. The summed E-state index contributed by atoms with van der Waals surface area (Å²) >= 11 is 0. The number of hydrazone groups is 1. The Balaban J connectivity index is 1.59. The molecule has 0 saturated carbocycles. The average molecular weight is 380 g/mol. The van der Waals surface area contributed by atoms with Gasteiger partial charge in [-0.3, -0.25) is 9.79 Å². The summed E-state index contributed by atoms with van der Waals surface area (Å²) in [5, 5.41) is 3.46. The summed E-state index contributed by atoms with van der Waals surface area (Å²) in [6, 6.07) is 15.9. The van der Waals surface area contributed by atoms with Crippen LogP contribution in [0.5, 0.6) is 0 Å². The predicted octanol–water partition coefficient (Wildman–Crippen LogP) is 3.48. The number of hydrogen-bond acceptors (Lipinski definition) is 5. The van der Waals surface area contributed by atoms with Crippen molar-refractivity contribution in [3.63, 3.8) is 0 Å². The van der Waals surface area contributed by atoms with E-state index in [9.17, 15) is 9.18 Å². The molecule has 1 aliphatic heterocycles. The minimum Gasteiger partial charge on any atom is -0.323 e. The Bertz CT molecular complexity index is 812. The zero-order chi connectivity index (χ0) is 19.8. The van der Waals surface area contributed by atoms with Crippen molar-refractivity contribution < 1.29 is 9.18 Å². The highest BCUT2D eigenvalue weighted by Gasteiger charge is 2.27. The predicted molar refractivity (Wildman–Crippen MR) is 110 cm³/mol. The zero-order valence-electron chi connectivity index (χ0n) is 15.7. The highest BCUT2D eigenvalue weighted by Crippen LogP contribution is 2.25. The van der Waals surface area contributed by atoms with Crippen molar-refractivity contribution in [1.82, 2.24) is 4.90 Å². The number of hydrogen-bond donors (Lipinski definition) is 1. The van der Waals surface area contributed by atoms with Gasteiger partial charge in [-0.25, -0.2) is 4.39 Å². The minimum atomic E-state index is -0.321. The molecule has 1 atom stereocenters. The molecule has 3 rings (SSSR count). The number of Topliss-reactive ketones (excluding diaryl/α,β-unsaturated/α-hetero) is 1. The average Bonchev–Trinajstić information content (AvgIpc) is 2.74. The number of aliphatic imine (C=N–C) groups is 1. The third-order valence-electron chi connectivity index (χ3n) is 5.12. The molecule has 146 valence electrons. The summed E-state index contributed by atoms with van der Waals surface area (Å²) in [4.78, 5) is 19.6. The molecule has 0 aliphatic carbocycles. The largest absolute Gasteiger partial charge is 0.323 e. The molecule has 1 saturated heterocycles. The molecule has 5 nitrogen and oxygen atoms in total. The molecule has 28 heavy (non-hydrogen) atoms. The van der Waals surface area contributed by atoms with Crippen molar-refractivity contribution >= 4 is 18.2 Å². The lowest BCUT2D eigenvalue weighted by Crippen LogP contribution is -2.38. The summed E-state index contributed by atoms with van der Waals surface area (Å²) in [5.41, 5.74) is 1.72. The van der Waals surface area contributed by atoms with Gasteiger partial charge >= 0.3 is 0 Å². The number of likely N-dealkylation sites (tertiary alicyclic amines) is 1. The van der Waals surface area contributed by atoms with Crippen molar-refractivity contribution in [2.45, 2.75) is 18.9 Å². The molecule has 1 fully saturated rings. The van der Waals surface area contributed by atoms with Crippen LogP contribution in [-0.4, -0.2) is 42.7 Å². The van der Waals surface area contributed by atoms with Gasteiger partial charge in [0, 0.05) is 24.2 Å². The summed E-state index contributed by atoms with van der Waals surface area (Å²) in [7, 11) is 0. The van der Waals surface area contributed by atoms with E-state index in [1.165, 1.54) is 18.3 Å². The molecule has 0 radical (unpaired) electrons. The molecule has 6 heteroatoms. The van der Waals surface area contributed by atoms with Crippen molar-refractivity contribution in [1.29, 1.82) is 0 Å². The Morgan fingerprint density at radius 3 is 2.43 bits per heavy atom. The van der Waals surface area contributed by atoms with E-state index in [1.807, 2.05) is 18.2 Å².